The highest BCUT2D eigenvalue weighted by atomic mass is 16.7. The van der Waals surface area contributed by atoms with Gasteiger partial charge >= 0.3 is 0 Å². The van der Waals surface area contributed by atoms with Gasteiger partial charge in [-0.3, -0.25) is 4.79 Å². The van der Waals surface area contributed by atoms with Gasteiger partial charge in [-0.1, -0.05) is 29.8 Å². The second-order valence-electron chi connectivity index (χ2n) is 9.83. The molecule has 2 heterocycles. The minimum atomic E-state index is -0.0947. The molecule has 0 saturated carbocycles. The number of hydrogen-bond acceptors (Lipinski definition) is 7. The van der Waals surface area contributed by atoms with Crippen molar-refractivity contribution in [1.29, 1.82) is 0 Å². The smallest absolute Gasteiger partial charge is 0.254 e. The van der Waals surface area contributed by atoms with E-state index < -0.39 is 0 Å². The summed E-state index contributed by atoms with van der Waals surface area (Å²) in [4.78, 5) is 22.9. The zero-order valence-corrected chi connectivity index (χ0v) is 23.0. The van der Waals surface area contributed by atoms with Gasteiger partial charge in [-0.25, -0.2) is 4.98 Å². The Hall–Kier alpha value is -4.30. The van der Waals surface area contributed by atoms with Crippen LogP contribution in [-0.2, 0) is 6.54 Å². The topological polar surface area (TPSA) is 73.4 Å². The number of benzene rings is 3. The van der Waals surface area contributed by atoms with E-state index in [9.17, 15) is 4.79 Å². The number of carbonyl (C=O) groups excluding carboxylic acids is 1. The van der Waals surface area contributed by atoms with E-state index in [0.717, 1.165) is 27.8 Å². The fraction of sp³-hybridized carbons (Fsp3) is 0.290. The zero-order valence-electron chi connectivity index (χ0n) is 23.0. The molecule has 3 aromatic carbocycles. The van der Waals surface area contributed by atoms with Gasteiger partial charge in [0, 0.05) is 36.1 Å². The summed E-state index contributed by atoms with van der Waals surface area (Å²) in [5.41, 5.74) is 5.07. The standard InChI is InChI=1S/C31H33N3O5/c1-20-6-8-21(9-7-20)29-23(16-24-25(36-4)12-13-27(37-5)30(24)32-29)18-34(15-14-33(2)3)31(35)22-10-11-26-28(17-22)39-19-38-26/h6-13,16-17H,14-15,18-19H2,1-5H3. The fourth-order valence-corrected chi connectivity index (χ4v) is 4.67. The van der Waals surface area contributed by atoms with Crippen molar-refractivity contribution in [3.63, 3.8) is 0 Å². The van der Waals surface area contributed by atoms with Gasteiger partial charge in [-0.15, -0.1) is 0 Å². The van der Waals surface area contributed by atoms with E-state index in [0.29, 0.717) is 53.7 Å². The van der Waals surface area contributed by atoms with Gasteiger partial charge in [0.2, 0.25) is 6.79 Å². The van der Waals surface area contributed by atoms with Gasteiger partial charge in [0.05, 0.1) is 19.9 Å². The molecule has 8 heteroatoms. The summed E-state index contributed by atoms with van der Waals surface area (Å²) in [5, 5.41) is 0.825. The van der Waals surface area contributed by atoms with Gasteiger partial charge < -0.3 is 28.7 Å². The van der Waals surface area contributed by atoms with Gasteiger partial charge in [0.25, 0.3) is 5.91 Å². The molecule has 1 aliphatic rings. The fourth-order valence-electron chi connectivity index (χ4n) is 4.67. The number of ether oxygens (including phenoxy) is 4. The van der Waals surface area contributed by atoms with Crippen LogP contribution in [0.1, 0.15) is 21.5 Å². The number of carbonyl (C=O) groups is 1. The van der Waals surface area contributed by atoms with Crippen LogP contribution >= 0.6 is 0 Å². The Balaban J connectivity index is 1.62. The lowest BCUT2D eigenvalue weighted by atomic mass is 10.0. The van der Waals surface area contributed by atoms with Crippen LogP contribution in [0.25, 0.3) is 22.2 Å². The molecule has 39 heavy (non-hydrogen) atoms. The van der Waals surface area contributed by atoms with E-state index in [4.69, 9.17) is 23.9 Å². The number of rotatable bonds is 9. The molecule has 1 aromatic heterocycles. The Labute approximate surface area is 228 Å². The molecular formula is C31H33N3O5. The van der Waals surface area contributed by atoms with E-state index in [2.05, 4.69) is 42.2 Å². The second-order valence-corrected chi connectivity index (χ2v) is 9.83. The summed E-state index contributed by atoms with van der Waals surface area (Å²) in [6, 6.07) is 19.4. The van der Waals surface area contributed by atoms with Crippen LogP contribution in [0.15, 0.2) is 60.7 Å². The number of pyridine rings is 1. The summed E-state index contributed by atoms with van der Waals surface area (Å²) in [7, 11) is 7.27. The predicted molar refractivity (Wildman–Crippen MR) is 151 cm³/mol. The molecule has 1 aliphatic heterocycles. The number of fused-ring (bicyclic) bond motifs is 2. The molecule has 4 aromatic rings. The first-order chi connectivity index (χ1) is 18.9. The van der Waals surface area contributed by atoms with E-state index in [1.165, 1.54) is 0 Å². The molecule has 0 spiro atoms. The Bertz CT molecular complexity index is 1500. The van der Waals surface area contributed by atoms with Crippen molar-refractivity contribution < 1.29 is 23.7 Å². The van der Waals surface area contributed by atoms with Crippen LogP contribution in [0, 0.1) is 6.92 Å². The van der Waals surface area contributed by atoms with Crippen molar-refractivity contribution >= 4 is 16.8 Å². The van der Waals surface area contributed by atoms with Crippen LogP contribution in [0.5, 0.6) is 23.0 Å². The molecule has 0 fully saturated rings. The quantitative estimate of drug-likeness (QED) is 0.298. The number of amides is 1. The highest BCUT2D eigenvalue weighted by molar-refractivity contribution is 5.96. The maximum Gasteiger partial charge on any atom is 0.254 e. The lowest BCUT2D eigenvalue weighted by Crippen LogP contribution is -2.36. The van der Waals surface area contributed by atoms with Crippen LogP contribution in [-0.4, -0.2) is 68.9 Å². The lowest BCUT2D eigenvalue weighted by molar-refractivity contribution is 0.0731. The summed E-state index contributed by atoms with van der Waals surface area (Å²) in [6.45, 7) is 3.80. The Morgan fingerprint density at radius 1 is 0.897 bits per heavy atom. The average Bonchev–Trinajstić information content (AvgIpc) is 3.42. The number of nitrogens with zero attached hydrogens (tertiary/aromatic N) is 3. The number of likely N-dealkylation sites (N-methyl/N-ethyl adjacent to an activating group) is 1. The third-order valence-corrected chi connectivity index (χ3v) is 6.84. The first kappa shape index (κ1) is 26.3. The summed E-state index contributed by atoms with van der Waals surface area (Å²) in [6.07, 6.45) is 0. The van der Waals surface area contributed by atoms with Crippen molar-refractivity contribution in [2.24, 2.45) is 0 Å². The van der Waals surface area contributed by atoms with Crippen LogP contribution in [0.4, 0.5) is 0 Å². The van der Waals surface area contributed by atoms with Crippen molar-refractivity contribution in [2.45, 2.75) is 13.5 Å². The third-order valence-electron chi connectivity index (χ3n) is 6.84. The van der Waals surface area contributed by atoms with Crippen LogP contribution in [0.3, 0.4) is 0 Å². The van der Waals surface area contributed by atoms with Crippen molar-refractivity contribution in [3.8, 4) is 34.3 Å². The predicted octanol–water partition coefficient (Wildman–Crippen LogP) is 5.16. The van der Waals surface area contributed by atoms with Crippen LogP contribution in [0.2, 0.25) is 0 Å². The summed E-state index contributed by atoms with van der Waals surface area (Å²) >= 11 is 0. The van der Waals surface area contributed by atoms with E-state index in [1.54, 1.807) is 32.4 Å². The van der Waals surface area contributed by atoms with Gasteiger partial charge in [-0.05, 0) is 63.0 Å². The molecule has 202 valence electrons. The number of methoxy groups -OCH3 is 2. The normalized spacial score (nSPS) is 12.2. The minimum absolute atomic E-state index is 0.0947. The molecule has 0 unspecified atom stereocenters. The SMILES string of the molecule is COc1ccc(OC)c2nc(-c3ccc(C)cc3)c(CN(CCN(C)C)C(=O)c3ccc4c(c3)OCO4)cc12. The van der Waals surface area contributed by atoms with E-state index >= 15 is 0 Å². The Morgan fingerprint density at radius 3 is 2.33 bits per heavy atom. The highest BCUT2D eigenvalue weighted by Crippen LogP contribution is 2.37. The van der Waals surface area contributed by atoms with Gasteiger partial charge in [0.15, 0.2) is 11.5 Å². The maximum atomic E-state index is 13.9. The lowest BCUT2D eigenvalue weighted by Gasteiger charge is -2.26. The molecule has 5 rings (SSSR count). The number of aryl methyl sites for hydroxylation is 1. The Morgan fingerprint density at radius 2 is 1.62 bits per heavy atom. The van der Waals surface area contributed by atoms with Crippen LogP contribution < -0.4 is 18.9 Å². The van der Waals surface area contributed by atoms with Gasteiger partial charge in [-0.2, -0.15) is 0 Å². The summed E-state index contributed by atoms with van der Waals surface area (Å²) < 4.78 is 22.3. The van der Waals surface area contributed by atoms with Crippen molar-refractivity contribution in [3.05, 3.63) is 77.4 Å². The van der Waals surface area contributed by atoms with Gasteiger partial charge in [0.1, 0.15) is 17.0 Å². The molecule has 1 amide bonds. The molecular weight excluding hydrogens is 494 g/mol. The average molecular weight is 528 g/mol. The monoisotopic (exact) mass is 527 g/mol. The minimum Gasteiger partial charge on any atom is -0.496 e. The molecule has 0 N–H and O–H groups in total. The molecule has 0 atom stereocenters. The molecule has 0 radical (unpaired) electrons. The summed E-state index contributed by atoms with van der Waals surface area (Å²) in [5.74, 6) is 2.48. The third kappa shape index (κ3) is 5.47. The number of aromatic nitrogens is 1. The maximum absolute atomic E-state index is 13.9. The van der Waals surface area contributed by atoms with Crippen molar-refractivity contribution in [2.75, 3.05) is 48.2 Å². The molecule has 8 nitrogen and oxygen atoms in total. The van der Waals surface area contributed by atoms with Crippen molar-refractivity contribution in [1.82, 2.24) is 14.8 Å². The molecule has 0 saturated heterocycles. The largest absolute Gasteiger partial charge is 0.496 e. The second kappa shape index (κ2) is 11.2. The Kier molecular flexibility index (Phi) is 7.56. The zero-order chi connectivity index (χ0) is 27.5. The number of hydrogen-bond donors (Lipinski definition) is 0. The molecule has 0 aliphatic carbocycles. The van der Waals surface area contributed by atoms with E-state index in [-0.39, 0.29) is 12.7 Å². The first-order valence-electron chi connectivity index (χ1n) is 12.8. The first-order valence-corrected chi connectivity index (χ1v) is 12.8. The molecule has 0 bridgehead atoms. The van der Waals surface area contributed by atoms with E-state index in [1.807, 2.05) is 31.1 Å². The highest BCUT2D eigenvalue weighted by Gasteiger charge is 2.23.